The minimum atomic E-state index is -0.354. The number of carbonyl (C=O) groups is 1. The highest BCUT2D eigenvalue weighted by molar-refractivity contribution is 8.33. The van der Waals surface area contributed by atoms with Gasteiger partial charge in [0.1, 0.15) is 5.69 Å². The molecule has 2 N–H and O–H groups in total. The Labute approximate surface area is 160 Å². The van der Waals surface area contributed by atoms with E-state index in [0.29, 0.717) is 21.8 Å². The van der Waals surface area contributed by atoms with Crippen LogP contribution in [0.15, 0.2) is 18.2 Å². The van der Waals surface area contributed by atoms with E-state index in [9.17, 15) is 4.79 Å². The first-order valence-corrected chi connectivity index (χ1v) is 12.1. The Bertz CT molecular complexity index is 788. The molecule has 2 saturated heterocycles. The number of fused-ring (bicyclic) bond motifs is 1. The molecule has 136 valence electrons. The number of H-pyrrole nitrogens is 1. The van der Waals surface area contributed by atoms with Crippen molar-refractivity contribution in [2.45, 2.75) is 38.1 Å². The number of aromatic nitrogens is 1. The molecule has 0 aliphatic carbocycles. The van der Waals surface area contributed by atoms with Crippen molar-refractivity contribution in [3.05, 3.63) is 33.9 Å². The van der Waals surface area contributed by atoms with Crippen LogP contribution in [-0.2, 0) is 0 Å². The molecule has 1 amide bonds. The molecule has 3 heterocycles. The zero-order chi connectivity index (χ0) is 17.4. The van der Waals surface area contributed by atoms with E-state index in [0.717, 1.165) is 23.7 Å². The molecule has 2 aromatic rings. The lowest BCUT2D eigenvalue weighted by Gasteiger charge is -2.48. The zero-order valence-corrected chi connectivity index (χ0v) is 16.6. The minimum absolute atomic E-state index is 0.0389. The standard InChI is InChI=1S/C19H24Cl2N2OS/c20-13-10-16(21)15-12-18(23-17(15)11-13)19(24)22-14-4-8-25(9-5-14)6-2-1-3-7-25/h10-12,14,23H,1-9H2,(H,22,24). The molecule has 1 aromatic carbocycles. The normalized spacial score (nSPS) is 22.2. The third-order valence-corrected chi connectivity index (χ3v) is 10.7. The SMILES string of the molecule is O=C(NC1CCS2(CCCCC2)CC1)c1cc2c(Cl)cc(Cl)cc2[nH]1. The lowest BCUT2D eigenvalue weighted by Crippen LogP contribution is -2.41. The fourth-order valence-electron chi connectivity index (χ4n) is 4.22. The third-order valence-electron chi connectivity index (χ3n) is 5.69. The molecule has 0 radical (unpaired) electrons. The van der Waals surface area contributed by atoms with Crippen molar-refractivity contribution >= 4 is 50.0 Å². The van der Waals surface area contributed by atoms with Crippen molar-refractivity contribution in [2.24, 2.45) is 0 Å². The van der Waals surface area contributed by atoms with Gasteiger partial charge in [-0.05, 0) is 66.9 Å². The Morgan fingerprint density at radius 3 is 2.48 bits per heavy atom. The van der Waals surface area contributed by atoms with E-state index < -0.39 is 0 Å². The van der Waals surface area contributed by atoms with Gasteiger partial charge < -0.3 is 10.3 Å². The molecule has 4 rings (SSSR count). The Kier molecular flexibility index (Phi) is 4.96. The van der Waals surface area contributed by atoms with Crippen LogP contribution in [0.3, 0.4) is 0 Å². The van der Waals surface area contributed by atoms with Gasteiger partial charge in [0.05, 0.1) is 5.02 Å². The molecular formula is C19H24Cl2N2OS. The van der Waals surface area contributed by atoms with E-state index in [-0.39, 0.29) is 15.9 Å². The van der Waals surface area contributed by atoms with Crippen LogP contribution in [0.4, 0.5) is 0 Å². The molecule has 0 bridgehead atoms. The number of hydrogen-bond donors (Lipinski definition) is 2. The fraction of sp³-hybridized carbons (Fsp3) is 0.526. The van der Waals surface area contributed by atoms with Crippen LogP contribution in [-0.4, -0.2) is 39.9 Å². The van der Waals surface area contributed by atoms with Crippen LogP contribution in [0.5, 0.6) is 0 Å². The topological polar surface area (TPSA) is 44.9 Å². The molecule has 6 heteroatoms. The third kappa shape index (κ3) is 3.67. The van der Waals surface area contributed by atoms with E-state index in [1.165, 1.54) is 42.3 Å². The van der Waals surface area contributed by atoms with Gasteiger partial charge in [-0.2, -0.15) is 0 Å². The summed E-state index contributed by atoms with van der Waals surface area (Å²) in [5.41, 5.74) is 1.36. The Hall–Kier alpha value is -0.840. The first-order valence-electron chi connectivity index (χ1n) is 9.07. The second-order valence-corrected chi connectivity index (χ2v) is 12.3. The number of amides is 1. The van der Waals surface area contributed by atoms with Crippen molar-refractivity contribution in [2.75, 3.05) is 23.0 Å². The van der Waals surface area contributed by atoms with Crippen molar-refractivity contribution < 1.29 is 4.79 Å². The molecule has 2 fully saturated rings. The summed E-state index contributed by atoms with van der Waals surface area (Å²) in [6.45, 7) is 0. The Morgan fingerprint density at radius 2 is 1.76 bits per heavy atom. The molecule has 2 aliphatic rings. The fourth-order valence-corrected chi connectivity index (χ4v) is 9.20. The maximum atomic E-state index is 12.6. The van der Waals surface area contributed by atoms with Gasteiger partial charge in [-0.3, -0.25) is 4.79 Å². The molecule has 1 spiro atoms. The van der Waals surface area contributed by atoms with Gasteiger partial charge in [0.2, 0.25) is 0 Å². The van der Waals surface area contributed by atoms with Crippen LogP contribution in [0.25, 0.3) is 10.9 Å². The summed E-state index contributed by atoms with van der Waals surface area (Å²) in [5, 5.41) is 5.19. The minimum Gasteiger partial charge on any atom is -0.350 e. The summed E-state index contributed by atoms with van der Waals surface area (Å²) >= 11 is 12.3. The van der Waals surface area contributed by atoms with Gasteiger partial charge in [-0.1, -0.05) is 29.6 Å². The van der Waals surface area contributed by atoms with Crippen LogP contribution < -0.4 is 5.32 Å². The molecule has 25 heavy (non-hydrogen) atoms. The van der Waals surface area contributed by atoms with Crippen LogP contribution in [0.1, 0.15) is 42.6 Å². The number of rotatable bonds is 2. The summed E-state index contributed by atoms with van der Waals surface area (Å²) < 4.78 is 0. The van der Waals surface area contributed by atoms with Gasteiger partial charge in [-0.25, -0.2) is 10.0 Å². The molecule has 1 aromatic heterocycles. The van der Waals surface area contributed by atoms with Gasteiger partial charge >= 0.3 is 0 Å². The predicted octanol–water partition coefficient (Wildman–Crippen LogP) is 5.36. The lowest BCUT2D eigenvalue weighted by atomic mass is 10.1. The van der Waals surface area contributed by atoms with Gasteiger partial charge in [0.15, 0.2) is 0 Å². The summed E-state index contributed by atoms with van der Waals surface area (Å²) in [4.78, 5) is 15.8. The van der Waals surface area contributed by atoms with E-state index in [2.05, 4.69) is 10.3 Å². The van der Waals surface area contributed by atoms with Gasteiger partial charge in [0.25, 0.3) is 5.91 Å². The van der Waals surface area contributed by atoms with E-state index >= 15 is 0 Å². The van der Waals surface area contributed by atoms with Gasteiger partial charge in [0, 0.05) is 22.0 Å². The van der Waals surface area contributed by atoms with E-state index in [4.69, 9.17) is 23.2 Å². The molecule has 2 aliphatic heterocycles. The number of halogens is 2. The summed E-state index contributed by atoms with van der Waals surface area (Å²) in [6, 6.07) is 5.63. The molecule has 0 saturated carbocycles. The number of benzene rings is 1. The molecule has 0 unspecified atom stereocenters. The monoisotopic (exact) mass is 398 g/mol. The van der Waals surface area contributed by atoms with E-state index in [1.54, 1.807) is 12.1 Å². The number of carbonyl (C=O) groups excluding carboxylic acids is 1. The summed E-state index contributed by atoms with van der Waals surface area (Å²) in [6.07, 6.45) is 6.53. The average Bonchev–Trinajstić information content (AvgIpc) is 3.02. The highest BCUT2D eigenvalue weighted by Crippen LogP contribution is 2.55. The van der Waals surface area contributed by atoms with Crippen molar-refractivity contribution in [3.8, 4) is 0 Å². The van der Waals surface area contributed by atoms with Crippen LogP contribution >= 0.6 is 33.2 Å². The smallest absolute Gasteiger partial charge is 0.267 e. The molecule has 0 atom stereocenters. The van der Waals surface area contributed by atoms with Crippen molar-refractivity contribution in [1.29, 1.82) is 0 Å². The Balaban J connectivity index is 1.42. The predicted molar refractivity (Wildman–Crippen MR) is 110 cm³/mol. The van der Waals surface area contributed by atoms with Crippen molar-refractivity contribution in [1.82, 2.24) is 10.3 Å². The quantitative estimate of drug-likeness (QED) is 0.702. The summed E-state index contributed by atoms with van der Waals surface area (Å²) in [7, 11) is -0.354. The second kappa shape index (κ2) is 7.05. The summed E-state index contributed by atoms with van der Waals surface area (Å²) in [5.74, 6) is 5.57. The van der Waals surface area contributed by atoms with Crippen molar-refractivity contribution in [3.63, 3.8) is 0 Å². The Morgan fingerprint density at radius 1 is 1.04 bits per heavy atom. The first kappa shape index (κ1) is 17.6. The highest BCUT2D eigenvalue weighted by Gasteiger charge is 2.32. The van der Waals surface area contributed by atoms with E-state index in [1.807, 2.05) is 6.07 Å². The second-order valence-electron chi connectivity index (χ2n) is 7.38. The first-order chi connectivity index (χ1) is 12.0. The maximum Gasteiger partial charge on any atom is 0.267 e. The molecular weight excluding hydrogens is 375 g/mol. The van der Waals surface area contributed by atoms with Crippen LogP contribution in [0.2, 0.25) is 10.0 Å². The largest absolute Gasteiger partial charge is 0.350 e. The zero-order valence-electron chi connectivity index (χ0n) is 14.2. The number of aromatic amines is 1. The van der Waals surface area contributed by atoms with Gasteiger partial charge in [-0.15, -0.1) is 0 Å². The number of nitrogens with one attached hydrogen (secondary N) is 2. The average molecular weight is 399 g/mol. The number of hydrogen-bond acceptors (Lipinski definition) is 1. The molecule has 3 nitrogen and oxygen atoms in total. The maximum absolute atomic E-state index is 12.6. The van der Waals surface area contributed by atoms with Crippen LogP contribution in [0, 0.1) is 0 Å². The lowest BCUT2D eigenvalue weighted by molar-refractivity contribution is 0.0930. The highest BCUT2D eigenvalue weighted by atomic mass is 35.5.